The molecule has 4 rings (SSSR count). The molecule has 0 aliphatic carbocycles. The molecule has 5 nitrogen and oxygen atoms in total. The zero-order chi connectivity index (χ0) is 17.2. The van der Waals surface area contributed by atoms with E-state index in [1.165, 1.54) is 6.07 Å². The van der Waals surface area contributed by atoms with Crippen LogP contribution in [0.1, 0.15) is 12.8 Å². The molecule has 1 aromatic heterocycles. The molecule has 7 heteroatoms. The molecule has 4 N–H and O–H groups in total. The molecule has 0 amide bonds. The van der Waals surface area contributed by atoms with Crippen molar-refractivity contribution in [1.82, 2.24) is 10.2 Å². The quantitative estimate of drug-likeness (QED) is 0.621. The fourth-order valence-electron chi connectivity index (χ4n) is 3.40. The van der Waals surface area contributed by atoms with Crippen LogP contribution in [-0.4, -0.2) is 29.3 Å². The molecule has 1 atom stereocenters. The molecule has 3 aromatic rings. The number of benzene rings is 2. The molecule has 1 unspecified atom stereocenters. The van der Waals surface area contributed by atoms with E-state index in [9.17, 15) is 4.39 Å². The van der Waals surface area contributed by atoms with Gasteiger partial charge in [-0.25, -0.2) is 4.39 Å². The van der Waals surface area contributed by atoms with Crippen LogP contribution in [0.3, 0.4) is 0 Å². The Morgan fingerprint density at radius 3 is 3.04 bits per heavy atom. The van der Waals surface area contributed by atoms with Gasteiger partial charge in [-0.1, -0.05) is 0 Å². The molecule has 1 aliphatic heterocycles. The summed E-state index contributed by atoms with van der Waals surface area (Å²) >= 11 is 1.06. The van der Waals surface area contributed by atoms with Crippen molar-refractivity contribution in [1.29, 1.82) is 0 Å². The third kappa shape index (κ3) is 3.43. The standard InChI is InChI=1S/C18H20FN5S/c19-16-9-15(25-20)4-6-18(16)24-7-1-2-14(11-24)22-13-3-5-17-12(8-13)10-21-23-17/h3-6,8-10,14,22H,1-2,7,11,20H2,(H,21,23). The molecule has 0 bridgehead atoms. The van der Waals surface area contributed by atoms with Crippen LogP contribution in [0.25, 0.3) is 10.9 Å². The van der Waals surface area contributed by atoms with Crippen LogP contribution in [0.2, 0.25) is 0 Å². The maximum Gasteiger partial charge on any atom is 0.147 e. The average Bonchev–Trinajstić information content (AvgIpc) is 3.09. The molecule has 1 fully saturated rings. The smallest absolute Gasteiger partial charge is 0.147 e. The van der Waals surface area contributed by atoms with Crippen LogP contribution in [0.5, 0.6) is 0 Å². The van der Waals surface area contributed by atoms with Crippen molar-refractivity contribution in [2.24, 2.45) is 5.14 Å². The first-order valence-corrected chi connectivity index (χ1v) is 9.22. The van der Waals surface area contributed by atoms with Gasteiger partial charge in [0, 0.05) is 35.1 Å². The van der Waals surface area contributed by atoms with Gasteiger partial charge in [0.15, 0.2) is 0 Å². The molecular weight excluding hydrogens is 337 g/mol. The summed E-state index contributed by atoms with van der Waals surface area (Å²) in [6.45, 7) is 1.64. The lowest BCUT2D eigenvalue weighted by molar-refractivity contribution is 0.518. The van der Waals surface area contributed by atoms with E-state index in [1.54, 1.807) is 0 Å². The SMILES string of the molecule is NSc1ccc(N2CCCC(Nc3ccc4[nH]ncc4c3)C2)c(F)c1. The number of hydrogen-bond acceptors (Lipinski definition) is 5. The number of aromatic amines is 1. The van der Waals surface area contributed by atoms with Crippen molar-refractivity contribution in [3.05, 3.63) is 48.4 Å². The van der Waals surface area contributed by atoms with Gasteiger partial charge in [0.1, 0.15) is 5.82 Å². The summed E-state index contributed by atoms with van der Waals surface area (Å²) in [6.07, 6.45) is 3.91. The van der Waals surface area contributed by atoms with Crippen molar-refractivity contribution in [3.63, 3.8) is 0 Å². The number of piperidine rings is 1. The van der Waals surface area contributed by atoms with Crippen LogP contribution in [0.15, 0.2) is 47.5 Å². The molecule has 0 spiro atoms. The van der Waals surface area contributed by atoms with E-state index >= 15 is 0 Å². The van der Waals surface area contributed by atoms with Gasteiger partial charge in [-0.3, -0.25) is 10.2 Å². The molecule has 0 radical (unpaired) electrons. The summed E-state index contributed by atoms with van der Waals surface area (Å²) in [4.78, 5) is 2.85. The van der Waals surface area contributed by atoms with Gasteiger partial charge >= 0.3 is 0 Å². The second-order valence-electron chi connectivity index (χ2n) is 6.33. The van der Waals surface area contributed by atoms with E-state index in [1.807, 2.05) is 30.5 Å². The largest absolute Gasteiger partial charge is 0.381 e. The van der Waals surface area contributed by atoms with Crippen LogP contribution >= 0.6 is 11.9 Å². The Kier molecular flexibility index (Phi) is 4.50. The van der Waals surface area contributed by atoms with E-state index in [0.29, 0.717) is 5.69 Å². The molecular formula is C18H20FN5S. The van der Waals surface area contributed by atoms with Gasteiger partial charge < -0.3 is 10.2 Å². The maximum absolute atomic E-state index is 14.4. The predicted molar refractivity (Wildman–Crippen MR) is 101 cm³/mol. The molecule has 2 aromatic carbocycles. The van der Waals surface area contributed by atoms with Gasteiger partial charge in [-0.15, -0.1) is 0 Å². The first-order valence-electron chi connectivity index (χ1n) is 8.34. The molecule has 25 heavy (non-hydrogen) atoms. The van der Waals surface area contributed by atoms with Crippen molar-refractivity contribution in [3.8, 4) is 0 Å². The normalized spacial score (nSPS) is 17.8. The Hall–Kier alpha value is -2.25. The predicted octanol–water partition coefficient (Wildman–Crippen LogP) is 3.75. The van der Waals surface area contributed by atoms with E-state index in [0.717, 1.165) is 59.4 Å². The summed E-state index contributed by atoms with van der Waals surface area (Å²) in [5, 5.41) is 17.2. The van der Waals surface area contributed by atoms with Crippen molar-refractivity contribution in [2.75, 3.05) is 23.3 Å². The average molecular weight is 357 g/mol. The zero-order valence-electron chi connectivity index (χ0n) is 13.7. The van der Waals surface area contributed by atoms with Crippen LogP contribution in [-0.2, 0) is 0 Å². The Bertz CT molecular complexity index is 881. The number of fused-ring (bicyclic) bond motifs is 1. The van der Waals surface area contributed by atoms with Gasteiger partial charge in [-0.05, 0) is 61.2 Å². The molecule has 0 saturated carbocycles. The summed E-state index contributed by atoms with van der Waals surface area (Å²) in [6, 6.07) is 11.6. The Morgan fingerprint density at radius 1 is 1.28 bits per heavy atom. The fourth-order valence-corrected chi connectivity index (χ4v) is 3.72. The van der Waals surface area contributed by atoms with E-state index in [-0.39, 0.29) is 11.9 Å². The number of halogens is 1. The number of nitrogens with two attached hydrogens (primary N) is 1. The Morgan fingerprint density at radius 2 is 2.20 bits per heavy atom. The fraction of sp³-hybridized carbons (Fsp3) is 0.278. The number of H-pyrrole nitrogens is 1. The number of hydrogen-bond donors (Lipinski definition) is 3. The van der Waals surface area contributed by atoms with Crippen LogP contribution < -0.4 is 15.4 Å². The molecule has 1 saturated heterocycles. The van der Waals surface area contributed by atoms with Gasteiger partial charge in [-0.2, -0.15) is 5.10 Å². The minimum Gasteiger partial charge on any atom is -0.381 e. The number of nitrogens with zero attached hydrogens (tertiary/aromatic N) is 2. The molecule has 1 aliphatic rings. The maximum atomic E-state index is 14.4. The first-order chi connectivity index (χ1) is 12.2. The van der Waals surface area contributed by atoms with Gasteiger partial charge in [0.2, 0.25) is 0 Å². The number of rotatable bonds is 4. The highest BCUT2D eigenvalue weighted by atomic mass is 32.2. The lowest BCUT2D eigenvalue weighted by Gasteiger charge is -2.35. The highest BCUT2D eigenvalue weighted by Gasteiger charge is 2.22. The zero-order valence-corrected chi connectivity index (χ0v) is 14.5. The lowest BCUT2D eigenvalue weighted by Crippen LogP contribution is -2.42. The van der Waals surface area contributed by atoms with Gasteiger partial charge in [0.05, 0.1) is 17.4 Å². The first kappa shape index (κ1) is 16.2. The van der Waals surface area contributed by atoms with Crippen molar-refractivity contribution in [2.45, 2.75) is 23.8 Å². The molecule has 130 valence electrons. The third-order valence-corrected chi connectivity index (χ3v) is 5.15. The summed E-state index contributed by atoms with van der Waals surface area (Å²) < 4.78 is 14.4. The monoisotopic (exact) mass is 357 g/mol. The summed E-state index contributed by atoms with van der Waals surface area (Å²) in [5.41, 5.74) is 2.74. The van der Waals surface area contributed by atoms with Crippen molar-refractivity contribution < 1.29 is 4.39 Å². The Balaban J connectivity index is 1.48. The van der Waals surface area contributed by atoms with E-state index < -0.39 is 0 Å². The van der Waals surface area contributed by atoms with Crippen molar-refractivity contribution >= 4 is 34.2 Å². The Labute approximate surface area is 149 Å². The number of nitrogens with one attached hydrogen (secondary N) is 2. The second-order valence-corrected chi connectivity index (χ2v) is 7.04. The number of aromatic nitrogens is 2. The minimum absolute atomic E-state index is 0.212. The van der Waals surface area contributed by atoms with E-state index in [2.05, 4.69) is 26.5 Å². The van der Waals surface area contributed by atoms with Crippen LogP contribution in [0, 0.1) is 5.82 Å². The highest BCUT2D eigenvalue weighted by Crippen LogP contribution is 2.27. The minimum atomic E-state index is -0.212. The highest BCUT2D eigenvalue weighted by molar-refractivity contribution is 7.97. The lowest BCUT2D eigenvalue weighted by atomic mass is 10.0. The number of anilines is 2. The van der Waals surface area contributed by atoms with Crippen LogP contribution in [0.4, 0.5) is 15.8 Å². The molecule has 2 heterocycles. The van der Waals surface area contributed by atoms with E-state index in [4.69, 9.17) is 5.14 Å². The topological polar surface area (TPSA) is 70.0 Å². The third-order valence-electron chi connectivity index (χ3n) is 4.63. The summed E-state index contributed by atoms with van der Waals surface area (Å²) in [7, 11) is 0. The summed E-state index contributed by atoms with van der Waals surface area (Å²) in [5.74, 6) is -0.212. The van der Waals surface area contributed by atoms with Gasteiger partial charge in [0.25, 0.3) is 0 Å². The second kappa shape index (κ2) is 6.93.